The minimum atomic E-state index is -0.341. The Labute approximate surface area is 106 Å². The number of hydrogen-bond acceptors (Lipinski definition) is 2. The molecular formula is C14H28N2O. The maximum Gasteiger partial charge on any atom is 0.243 e. The van der Waals surface area contributed by atoms with Crippen LogP contribution in [0.5, 0.6) is 0 Å². The topological polar surface area (TPSA) is 32.3 Å². The molecule has 1 fully saturated rings. The first-order valence-corrected chi connectivity index (χ1v) is 7.11. The largest absolute Gasteiger partial charge is 0.325 e. The summed E-state index contributed by atoms with van der Waals surface area (Å²) in [5.41, 5.74) is -0.341. The highest BCUT2D eigenvalue weighted by atomic mass is 16.2. The van der Waals surface area contributed by atoms with Gasteiger partial charge >= 0.3 is 0 Å². The van der Waals surface area contributed by atoms with Crippen LogP contribution in [0.3, 0.4) is 0 Å². The highest BCUT2D eigenvalue weighted by Gasteiger charge is 2.45. The minimum absolute atomic E-state index is 0.230. The van der Waals surface area contributed by atoms with E-state index in [1.807, 2.05) is 6.92 Å². The standard InChI is InChI=1S/C14H28N2O/c1-6-11(7-2)10-16-12(8-3)15-14(5,9-4)13(16)17/h11-12,15H,6-10H2,1-5H3. The fourth-order valence-corrected chi connectivity index (χ4v) is 2.58. The molecule has 100 valence electrons. The van der Waals surface area contributed by atoms with Crippen molar-refractivity contribution in [1.29, 1.82) is 0 Å². The zero-order valence-electron chi connectivity index (χ0n) is 12.0. The highest BCUT2D eigenvalue weighted by Crippen LogP contribution is 2.26. The second-order valence-electron chi connectivity index (χ2n) is 5.39. The first-order chi connectivity index (χ1) is 8.02. The van der Waals surface area contributed by atoms with Gasteiger partial charge in [0.15, 0.2) is 0 Å². The molecule has 17 heavy (non-hydrogen) atoms. The van der Waals surface area contributed by atoms with Gasteiger partial charge < -0.3 is 4.90 Å². The summed E-state index contributed by atoms with van der Waals surface area (Å²) in [6, 6.07) is 0. The summed E-state index contributed by atoms with van der Waals surface area (Å²) in [6.45, 7) is 11.6. The summed E-state index contributed by atoms with van der Waals surface area (Å²) in [6.07, 6.45) is 4.38. The van der Waals surface area contributed by atoms with Crippen LogP contribution in [0, 0.1) is 5.92 Å². The number of nitrogens with one attached hydrogen (secondary N) is 1. The summed E-state index contributed by atoms with van der Waals surface area (Å²) in [5.74, 6) is 0.924. The lowest BCUT2D eigenvalue weighted by molar-refractivity contribution is -0.133. The number of rotatable bonds is 6. The number of carbonyl (C=O) groups is 1. The Morgan fingerprint density at radius 2 is 1.88 bits per heavy atom. The molecule has 2 atom stereocenters. The van der Waals surface area contributed by atoms with Gasteiger partial charge in [-0.25, -0.2) is 0 Å². The van der Waals surface area contributed by atoms with E-state index in [2.05, 4.69) is 37.9 Å². The van der Waals surface area contributed by atoms with Crippen molar-refractivity contribution in [3.63, 3.8) is 0 Å². The van der Waals surface area contributed by atoms with Crippen LogP contribution >= 0.6 is 0 Å². The van der Waals surface area contributed by atoms with Gasteiger partial charge in [0, 0.05) is 6.54 Å². The zero-order chi connectivity index (χ0) is 13.1. The molecule has 0 aromatic rings. The first kappa shape index (κ1) is 14.5. The summed E-state index contributed by atoms with van der Waals surface area (Å²) < 4.78 is 0. The molecule has 0 spiro atoms. The normalized spacial score (nSPS) is 29.4. The van der Waals surface area contributed by atoms with Gasteiger partial charge in [0.25, 0.3) is 0 Å². The molecule has 3 heteroatoms. The Kier molecular flexibility index (Phi) is 4.99. The Morgan fingerprint density at radius 3 is 2.29 bits per heavy atom. The molecule has 1 N–H and O–H groups in total. The van der Waals surface area contributed by atoms with Gasteiger partial charge in [-0.05, 0) is 25.7 Å². The van der Waals surface area contributed by atoms with E-state index in [4.69, 9.17) is 0 Å². The van der Waals surface area contributed by atoms with E-state index in [-0.39, 0.29) is 11.7 Å². The third kappa shape index (κ3) is 2.82. The van der Waals surface area contributed by atoms with Gasteiger partial charge in [0.05, 0.1) is 11.7 Å². The first-order valence-electron chi connectivity index (χ1n) is 7.11. The van der Waals surface area contributed by atoms with Crippen LogP contribution in [0.4, 0.5) is 0 Å². The molecule has 0 radical (unpaired) electrons. The Hall–Kier alpha value is -0.570. The van der Waals surface area contributed by atoms with E-state index in [1.165, 1.54) is 0 Å². The van der Waals surface area contributed by atoms with Gasteiger partial charge in [-0.3, -0.25) is 10.1 Å². The van der Waals surface area contributed by atoms with Gasteiger partial charge in [0.1, 0.15) is 0 Å². The van der Waals surface area contributed by atoms with Crippen molar-refractivity contribution in [2.24, 2.45) is 5.92 Å². The van der Waals surface area contributed by atoms with E-state index in [0.717, 1.165) is 32.2 Å². The van der Waals surface area contributed by atoms with Crippen LogP contribution in [0.15, 0.2) is 0 Å². The van der Waals surface area contributed by atoms with Gasteiger partial charge in [-0.15, -0.1) is 0 Å². The highest BCUT2D eigenvalue weighted by molar-refractivity contribution is 5.88. The maximum atomic E-state index is 12.5. The van der Waals surface area contributed by atoms with E-state index in [9.17, 15) is 4.79 Å². The van der Waals surface area contributed by atoms with E-state index in [0.29, 0.717) is 11.8 Å². The van der Waals surface area contributed by atoms with Crippen molar-refractivity contribution in [3.8, 4) is 0 Å². The molecule has 3 nitrogen and oxygen atoms in total. The molecule has 1 rings (SSSR count). The lowest BCUT2D eigenvalue weighted by atomic mass is 9.98. The predicted molar refractivity (Wildman–Crippen MR) is 71.7 cm³/mol. The number of carbonyl (C=O) groups excluding carboxylic acids is 1. The molecule has 2 unspecified atom stereocenters. The molecule has 1 amide bonds. The summed E-state index contributed by atoms with van der Waals surface area (Å²) in [4.78, 5) is 14.5. The second kappa shape index (κ2) is 5.85. The van der Waals surface area contributed by atoms with Crippen LogP contribution in [0.1, 0.15) is 60.3 Å². The third-order valence-electron chi connectivity index (χ3n) is 4.30. The SMILES string of the molecule is CCC(CC)CN1C(=O)C(C)(CC)NC1CC. The van der Waals surface area contributed by atoms with Crippen molar-refractivity contribution in [3.05, 3.63) is 0 Å². The van der Waals surface area contributed by atoms with Gasteiger partial charge in [-0.1, -0.05) is 40.5 Å². The molecule has 0 aliphatic carbocycles. The fourth-order valence-electron chi connectivity index (χ4n) is 2.58. The molecule has 0 aromatic heterocycles. The lowest BCUT2D eigenvalue weighted by Gasteiger charge is -2.27. The Balaban J connectivity index is 2.78. The monoisotopic (exact) mass is 240 g/mol. The molecule has 1 heterocycles. The molecule has 1 aliphatic heterocycles. The van der Waals surface area contributed by atoms with Crippen molar-refractivity contribution in [2.45, 2.75) is 72.0 Å². The molecule has 1 aliphatic rings. The van der Waals surface area contributed by atoms with Gasteiger partial charge in [0.2, 0.25) is 5.91 Å². The van der Waals surface area contributed by atoms with E-state index in [1.54, 1.807) is 0 Å². The number of amides is 1. The molecule has 0 saturated carbocycles. The van der Waals surface area contributed by atoms with E-state index >= 15 is 0 Å². The second-order valence-corrected chi connectivity index (χ2v) is 5.39. The van der Waals surface area contributed by atoms with E-state index < -0.39 is 0 Å². The minimum Gasteiger partial charge on any atom is -0.325 e. The Morgan fingerprint density at radius 1 is 1.29 bits per heavy atom. The van der Waals surface area contributed by atoms with Gasteiger partial charge in [-0.2, -0.15) is 0 Å². The molecular weight excluding hydrogens is 212 g/mol. The molecule has 0 bridgehead atoms. The molecule has 1 saturated heterocycles. The molecule has 0 aromatic carbocycles. The van der Waals surface area contributed by atoms with Crippen molar-refractivity contribution < 1.29 is 4.79 Å². The van der Waals surface area contributed by atoms with Crippen LogP contribution in [-0.2, 0) is 4.79 Å². The quantitative estimate of drug-likeness (QED) is 0.774. The average molecular weight is 240 g/mol. The van der Waals surface area contributed by atoms with Crippen molar-refractivity contribution in [1.82, 2.24) is 10.2 Å². The van der Waals surface area contributed by atoms with Crippen molar-refractivity contribution in [2.75, 3.05) is 6.54 Å². The van der Waals surface area contributed by atoms with Crippen molar-refractivity contribution >= 4 is 5.91 Å². The maximum absolute atomic E-state index is 12.5. The summed E-state index contributed by atoms with van der Waals surface area (Å²) >= 11 is 0. The van der Waals surface area contributed by atoms with Crippen LogP contribution < -0.4 is 5.32 Å². The predicted octanol–water partition coefficient (Wildman–Crippen LogP) is 2.76. The fraction of sp³-hybridized carbons (Fsp3) is 0.929. The third-order valence-corrected chi connectivity index (χ3v) is 4.30. The van der Waals surface area contributed by atoms with Crippen LogP contribution in [0.25, 0.3) is 0 Å². The Bertz CT molecular complexity index is 263. The summed E-state index contributed by atoms with van der Waals surface area (Å²) in [7, 11) is 0. The number of nitrogens with zero attached hydrogens (tertiary/aromatic N) is 1. The van der Waals surface area contributed by atoms with Crippen LogP contribution in [-0.4, -0.2) is 29.1 Å². The average Bonchev–Trinajstić information content (AvgIpc) is 2.60. The zero-order valence-corrected chi connectivity index (χ0v) is 12.0. The number of hydrogen-bond donors (Lipinski definition) is 1. The lowest BCUT2D eigenvalue weighted by Crippen LogP contribution is -2.43. The smallest absolute Gasteiger partial charge is 0.243 e. The summed E-state index contributed by atoms with van der Waals surface area (Å²) in [5, 5.41) is 3.50. The van der Waals surface area contributed by atoms with Crippen LogP contribution in [0.2, 0.25) is 0 Å².